The third-order valence-corrected chi connectivity index (χ3v) is 7.58. The summed E-state index contributed by atoms with van der Waals surface area (Å²) in [5.41, 5.74) is -0.941. The maximum Gasteiger partial charge on any atom is 0.416 e. The number of amides is 1. The van der Waals surface area contributed by atoms with Crippen LogP contribution in [0.15, 0.2) is 48.7 Å². The van der Waals surface area contributed by atoms with Crippen LogP contribution in [0.25, 0.3) is 0 Å². The number of nitrogens with zero attached hydrogens (tertiary/aromatic N) is 2. The summed E-state index contributed by atoms with van der Waals surface area (Å²) >= 11 is 1.43. The number of para-hydroxylation sites is 1. The molecule has 2 aliphatic rings. The Morgan fingerprint density at radius 3 is 2.69 bits per heavy atom. The third-order valence-electron chi connectivity index (χ3n) is 6.68. The van der Waals surface area contributed by atoms with E-state index in [9.17, 15) is 23.1 Å². The van der Waals surface area contributed by atoms with Gasteiger partial charge in [-0.2, -0.15) is 13.2 Å². The number of hydrogen-bond donors (Lipinski definition) is 2. The molecule has 1 unspecified atom stereocenters. The molecule has 1 fully saturated rings. The quantitative estimate of drug-likeness (QED) is 0.391. The largest absolute Gasteiger partial charge is 0.488 e. The molecule has 0 bridgehead atoms. The molecule has 2 aromatic carbocycles. The van der Waals surface area contributed by atoms with E-state index in [-0.39, 0.29) is 43.1 Å². The monoisotopic (exact) mass is 563 g/mol. The molecule has 208 valence electrons. The SMILES string of the molecule is Cc1cnc(N2c3cccc(C(=O)Nc4ccc(C(F)(F)F)cc4)c3OC[C@@]2(CO)COC2CCCCO2)s1. The second-order valence-corrected chi connectivity index (χ2v) is 10.8. The number of aliphatic hydroxyl groups excluding tert-OH is 1. The smallest absolute Gasteiger partial charge is 0.416 e. The second kappa shape index (κ2) is 11.1. The van der Waals surface area contributed by atoms with E-state index >= 15 is 0 Å². The number of fused-ring (bicyclic) bond motifs is 1. The predicted octanol–water partition coefficient (Wildman–Crippen LogP) is 5.53. The molecule has 12 heteroatoms. The summed E-state index contributed by atoms with van der Waals surface area (Å²) < 4.78 is 56.7. The van der Waals surface area contributed by atoms with Crippen molar-refractivity contribution in [2.45, 2.75) is 44.2 Å². The maximum atomic E-state index is 13.2. The molecule has 0 spiro atoms. The highest BCUT2D eigenvalue weighted by Crippen LogP contribution is 2.46. The minimum Gasteiger partial charge on any atom is -0.488 e. The van der Waals surface area contributed by atoms with Crippen LogP contribution in [0.2, 0.25) is 0 Å². The normalized spacial score (nSPS) is 21.3. The zero-order valence-electron chi connectivity index (χ0n) is 21.2. The van der Waals surface area contributed by atoms with Crippen LogP contribution in [0.5, 0.6) is 5.75 Å². The standard InChI is InChI=1S/C27H28F3N3O5S/c1-17-13-31-25(39-17)33-21-6-4-5-20(24(35)32-19-10-8-18(9-11-19)27(28,29)30)23(21)38-16-26(33,14-34)15-37-22-7-2-3-12-36-22/h4-6,8-11,13,22,34H,2-3,7,12,14-16H2,1H3,(H,32,35)/t22?,26-/m1/s1. The maximum absolute atomic E-state index is 13.2. The first-order chi connectivity index (χ1) is 18.7. The molecule has 2 aliphatic heterocycles. The Morgan fingerprint density at radius 2 is 2.05 bits per heavy atom. The molecule has 1 saturated heterocycles. The zero-order chi connectivity index (χ0) is 27.6. The minimum absolute atomic E-state index is 0.00752. The summed E-state index contributed by atoms with van der Waals surface area (Å²) in [5.74, 6) is -0.280. The molecule has 39 heavy (non-hydrogen) atoms. The number of halogens is 3. The number of benzene rings is 2. The van der Waals surface area contributed by atoms with Gasteiger partial charge in [0, 0.05) is 23.4 Å². The third kappa shape index (κ3) is 5.74. The molecular formula is C27H28F3N3O5S. The fourth-order valence-corrected chi connectivity index (χ4v) is 5.49. The number of carbonyl (C=O) groups is 1. The summed E-state index contributed by atoms with van der Waals surface area (Å²) in [4.78, 5) is 20.6. The predicted molar refractivity (Wildman–Crippen MR) is 140 cm³/mol. The molecule has 0 saturated carbocycles. The van der Waals surface area contributed by atoms with Gasteiger partial charge in [0.15, 0.2) is 17.2 Å². The van der Waals surface area contributed by atoms with Gasteiger partial charge < -0.3 is 29.5 Å². The molecule has 2 N–H and O–H groups in total. The van der Waals surface area contributed by atoms with Crippen molar-refractivity contribution < 1.29 is 37.3 Å². The Kier molecular flexibility index (Phi) is 7.81. The fraction of sp³-hybridized carbons (Fsp3) is 0.407. The Labute approximate surface area is 227 Å². The summed E-state index contributed by atoms with van der Waals surface area (Å²) in [6, 6.07) is 9.22. The minimum atomic E-state index is -4.47. The van der Waals surface area contributed by atoms with Gasteiger partial charge in [-0.05, 0) is 62.6 Å². The Bertz CT molecular complexity index is 1310. The van der Waals surface area contributed by atoms with E-state index in [1.165, 1.54) is 23.5 Å². The number of aryl methyl sites for hydroxylation is 1. The number of anilines is 3. The topological polar surface area (TPSA) is 93.2 Å². The molecule has 3 heterocycles. The molecule has 8 nitrogen and oxygen atoms in total. The number of nitrogens with one attached hydrogen (secondary N) is 1. The zero-order valence-corrected chi connectivity index (χ0v) is 22.0. The van der Waals surface area contributed by atoms with E-state index in [1.54, 1.807) is 24.4 Å². The molecule has 2 atom stereocenters. The molecule has 1 amide bonds. The van der Waals surface area contributed by atoms with E-state index in [2.05, 4.69) is 10.3 Å². The molecule has 1 aromatic heterocycles. The van der Waals surface area contributed by atoms with Gasteiger partial charge in [-0.1, -0.05) is 6.07 Å². The van der Waals surface area contributed by atoms with Crippen molar-refractivity contribution in [3.8, 4) is 5.75 Å². The van der Waals surface area contributed by atoms with Crippen molar-refractivity contribution in [1.29, 1.82) is 0 Å². The van der Waals surface area contributed by atoms with Crippen LogP contribution in [-0.2, 0) is 15.7 Å². The van der Waals surface area contributed by atoms with Crippen LogP contribution in [0.3, 0.4) is 0 Å². The van der Waals surface area contributed by atoms with Crippen LogP contribution in [0.1, 0.15) is 40.1 Å². The van der Waals surface area contributed by atoms with Crippen LogP contribution in [-0.4, -0.2) is 54.3 Å². The fourth-order valence-electron chi connectivity index (χ4n) is 4.61. The van der Waals surface area contributed by atoms with E-state index in [4.69, 9.17) is 14.2 Å². The lowest BCUT2D eigenvalue weighted by Gasteiger charge is -2.46. The van der Waals surface area contributed by atoms with Gasteiger partial charge in [-0.3, -0.25) is 4.79 Å². The average Bonchev–Trinajstić information content (AvgIpc) is 3.36. The number of ether oxygens (including phenoxy) is 3. The average molecular weight is 564 g/mol. The summed E-state index contributed by atoms with van der Waals surface area (Å²) in [6.45, 7) is 2.30. The van der Waals surface area contributed by atoms with Gasteiger partial charge >= 0.3 is 6.18 Å². The van der Waals surface area contributed by atoms with E-state index in [1.807, 2.05) is 11.8 Å². The molecular weight excluding hydrogens is 535 g/mol. The number of rotatable bonds is 7. The van der Waals surface area contributed by atoms with Gasteiger partial charge in [0.25, 0.3) is 5.91 Å². The number of aromatic nitrogens is 1. The molecule has 0 aliphatic carbocycles. The lowest BCUT2D eigenvalue weighted by Crippen LogP contribution is -2.60. The number of aliphatic hydroxyl groups is 1. The van der Waals surface area contributed by atoms with Crippen molar-refractivity contribution in [3.05, 3.63) is 64.7 Å². The Morgan fingerprint density at radius 1 is 1.26 bits per heavy atom. The van der Waals surface area contributed by atoms with Crippen LogP contribution >= 0.6 is 11.3 Å². The van der Waals surface area contributed by atoms with Crippen LogP contribution in [0, 0.1) is 6.92 Å². The van der Waals surface area contributed by atoms with Crippen molar-refractivity contribution in [2.75, 3.05) is 36.6 Å². The highest BCUT2D eigenvalue weighted by atomic mass is 32.1. The van der Waals surface area contributed by atoms with Crippen molar-refractivity contribution in [3.63, 3.8) is 0 Å². The summed E-state index contributed by atoms with van der Waals surface area (Å²) in [5, 5.41) is 13.9. The summed E-state index contributed by atoms with van der Waals surface area (Å²) in [6.07, 6.45) is -0.415. The first-order valence-electron chi connectivity index (χ1n) is 12.5. The van der Waals surface area contributed by atoms with Crippen molar-refractivity contribution in [1.82, 2.24) is 4.98 Å². The van der Waals surface area contributed by atoms with Gasteiger partial charge in [-0.25, -0.2) is 4.98 Å². The van der Waals surface area contributed by atoms with Crippen LogP contribution in [0.4, 0.5) is 29.7 Å². The number of alkyl halides is 3. The lowest BCUT2D eigenvalue weighted by atomic mass is 9.96. The van der Waals surface area contributed by atoms with E-state index in [0.29, 0.717) is 17.4 Å². The highest BCUT2D eigenvalue weighted by Gasteiger charge is 2.46. The number of hydrogen-bond acceptors (Lipinski definition) is 8. The lowest BCUT2D eigenvalue weighted by molar-refractivity contribution is -0.175. The van der Waals surface area contributed by atoms with Gasteiger partial charge in [0.05, 0.1) is 30.0 Å². The first-order valence-corrected chi connectivity index (χ1v) is 13.3. The Balaban J connectivity index is 1.46. The summed E-state index contributed by atoms with van der Waals surface area (Å²) in [7, 11) is 0. The van der Waals surface area contributed by atoms with Gasteiger partial charge in [-0.15, -0.1) is 11.3 Å². The van der Waals surface area contributed by atoms with Gasteiger partial charge in [0.2, 0.25) is 0 Å². The number of thiazole rings is 1. The first kappa shape index (κ1) is 27.4. The van der Waals surface area contributed by atoms with Crippen molar-refractivity contribution in [2.24, 2.45) is 0 Å². The Hall–Kier alpha value is -3.19. The van der Waals surface area contributed by atoms with Gasteiger partial charge in [0.1, 0.15) is 12.1 Å². The molecule has 5 rings (SSSR count). The van der Waals surface area contributed by atoms with E-state index < -0.39 is 23.2 Å². The highest BCUT2D eigenvalue weighted by molar-refractivity contribution is 7.15. The second-order valence-electron chi connectivity index (χ2n) is 9.55. The van der Waals surface area contributed by atoms with Crippen molar-refractivity contribution >= 4 is 33.8 Å². The molecule has 0 radical (unpaired) electrons. The van der Waals surface area contributed by atoms with Crippen LogP contribution < -0.4 is 15.0 Å². The number of carbonyl (C=O) groups excluding carboxylic acids is 1. The van der Waals surface area contributed by atoms with E-state index in [0.717, 1.165) is 36.3 Å². The molecule has 3 aromatic rings.